The van der Waals surface area contributed by atoms with Gasteiger partial charge in [0.05, 0.1) is 24.0 Å². The van der Waals surface area contributed by atoms with Crippen molar-refractivity contribution in [2.45, 2.75) is 32.1 Å². The van der Waals surface area contributed by atoms with Crippen LogP contribution in [0.3, 0.4) is 0 Å². The van der Waals surface area contributed by atoms with Gasteiger partial charge in [-0.1, -0.05) is 11.3 Å². The van der Waals surface area contributed by atoms with Gasteiger partial charge in [-0.2, -0.15) is 9.61 Å². The van der Waals surface area contributed by atoms with E-state index in [4.69, 9.17) is 4.74 Å². The molecule has 3 heterocycles. The average molecular weight is 310 g/mol. The van der Waals surface area contributed by atoms with E-state index in [0.29, 0.717) is 18.1 Å². The summed E-state index contributed by atoms with van der Waals surface area (Å²) in [6, 6.07) is 1.52. The highest BCUT2D eigenvalue weighted by Gasteiger charge is 2.33. The summed E-state index contributed by atoms with van der Waals surface area (Å²) in [5.74, 6) is 0. The average Bonchev–Trinajstić information content (AvgIpc) is 2.85. The Morgan fingerprint density at radius 3 is 3.14 bits per heavy atom. The van der Waals surface area contributed by atoms with Gasteiger partial charge in [0.1, 0.15) is 5.51 Å². The number of morpholine rings is 1. The third-order valence-corrected chi connectivity index (χ3v) is 4.06. The molecule has 3 rings (SSSR count). The summed E-state index contributed by atoms with van der Waals surface area (Å²) in [6.07, 6.45) is -0.206. The highest BCUT2D eigenvalue weighted by Crippen LogP contribution is 2.22. The molecule has 0 bridgehead atoms. The van der Waals surface area contributed by atoms with Crippen molar-refractivity contribution < 1.29 is 9.84 Å². The van der Waals surface area contributed by atoms with Crippen LogP contribution in [-0.2, 0) is 11.3 Å². The number of rotatable bonds is 3. The highest BCUT2D eigenvalue weighted by atomic mass is 32.1. The Morgan fingerprint density at radius 2 is 2.38 bits per heavy atom. The van der Waals surface area contributed by atoms with Crippen molar-refractivity contribution in [3.8, 4) is 0 Å². The first kappa shape index (κ1) is 14.6. The normalized spacial score (nSPS) is 22.7. The molecular formula is C13H18N4O3S. The van der Waals surface area contributed by atoms with Gasteiger partial charge in [-0.15, -0.1) is 0 Å². The van der Waals surface area contributed by atoms with Crippen LogP contribution in [-0.4, -0.2) is 56.0 Å². The first-order valence-electron chi connectivity index (χ1n) is 6.80. The third kappa shape index (κ3) is 3.13. The number of nitrogens with zero attached hydrogens (tertiary/aromatic N) is 4. The molecule has 2 aromatic rings. The lowest BCUT2D eigenvalue weighted by Gasteiger charge is -2.42. The molecule has 1 fully saturated rings. The Hall–Kier alpha value is -1.35. The summed E-state index contributed by atoms with van der Waals surface area (Å²) in [5, 5.41) is 13.3. The largest absolute Gasteiger partial charge is 0.394 e. The Balaban J connectivity index is 1.82. The van der Waals surface area contributed by atoms with E-state index in [1.165, 1.54) is 21.9 Å². The van der Waals surface area contributed by atoms with Crippen molar-refractivity contribution in [3.05, 3.63) is 27.6 Å². The smallest absolute Gasteiger partial charge is 0.275 e. The number of hydrogen-bond acceptors (Lipinski definition) is 7. The molecule has 0 saturated carbocycles. The minimum Gasteiger partial charge on any atom is -0.394 e. The Morgan fingerprint density at radius 1 is 1.57 bits per heavy atom. The lowest BCUT2D eigenvalue weighted by atomic mass is 10.1. The fourth-order valence-corrected chi connectivity index (χ4v) is 3.39. The van der Waals surface area contributed by atoms with Crippen LogP contribution in [0, 0.1) is 0 Å². The van der Waals surface area contributed by atoms with Gasteiger partial charge in [-0.25, -0.2) is 4.98 Å². The molecule has 7 nitrogen and oxygen atoms in total. The maximum Gasteiger partial charge on any atom is 0.275 e. The first-order chi connectivity index (χ1) is 9.97. The maximum absolute atomic E-state index is 11.9. The minimum atomic E-state index is -0.324. The number of fused-ring (bicyclic) bond motifs is 1. The van der Waals surface area contributed by atoms with E-state index in [9.17, 15) is 9.90 Å². The summed E-state index contributed by atoms with van der Waals surface area (Å²) >= 11 is 1.34. The van der Waals surface area contributed by atoms with Crippen molar-refractivity contribution in [2.75, 3.05) is 19.7 Å². The van der Waals surface area contributed by atoms with Gasteiger partial charge in [0.25, 0.3) is 5.56 Å². The van der Waals surface area contributed by atoms with Crippen LogP contribution in [0.25, 0.3) is 4.96 Å². The first-order valence-corrected chi connectivity index (χ1v) is 7.68. The number of ether oxygens (including phenoxy) is 1. The zero-order chi connectivity index (χ0) is 15.0. The van der Waals surface area contributed by atoms with Crippen LogP contribution in [0.2, 0.25) is 0 Å². The summed E-state index contributed by atoms with van der Waals surface area (Å²) in [6.45, 7) is 5.90. The van der Waals surface area contributed by atoms with Crippen molar-refractivity contribution in [1.29, 1.82) is 0 Å². The monoisotopic (exact) mass is 310 g/mol. The zero-order valence-electron chi connectivity index (χ0n) is 12.0. The third-order valence-electron chi connectivity index (χ3n) is 3.38. The van der Waals surface area contributed by atoms with Crippen LogP contribution in [0.5, 0.6) is 0 Å². The number of aliphatic hydroxyl groups excluding tert-OH is 1. The molecular weight excluding hydrogens is 292 g/mol. The van der Waals surface area contributed by atoms with E-state index in [0.717, 1.165) is 12.2 Å². The van der Waals surface area contributed by atoms with Gasteiger partial charge in [0.15, 0.2) is 0 Å². The van der Waals surface area contributed by atoms with Gasteiger partial charge in [0.2, 0.25) is 4.96 Å². The van der Waals surface area contributed by atoms with Crippen LogP contribution in [0.4, 0.5) is 0 Å². The molecule has 0 aromatic carbocycles. The molecule has 0 aliphatic carbocycles. The van der Waals surface area contributed by atoms with Gasteiger partial charge in [-0.3, -0.25) is 9.69 Å². The lowest BCUT2D eigenvalue weighted by Crippen LogP contribution is -2.53. The molecule has 8 heteroatoms. The van der Waals surface area contributed by atoms with Crippen molar-refractivity contribution in [1.82, 2.24) is 19.5 Å². The number of aliphatic hydroxyl groups is 1. The minimum absolute atomic E-state index is 0.0100. The molecule has 1 aliphatic rings. The van der Waals surface area contributed by atoms with Crippen LogP contribution in [0.1, 0.15) is 19.5 Å². The second-order valence-electron chi connectivity index (χ2n) is 5.87. The van der Waals surface area contributed by atoms with E-state index in [1.807, 2.05) is 13.8 Å². The number of aromatic nitrogens is 3. The highest BCUT2D eigenvalue weighted by molar-refractivity contribution is 7.14. The molecule has 0 amide bonds. The molecule has 1 unspecified atom stereocenters. The standard InChI is InChI=1S/C13H18N4O3S/c1-13(2)7-16(5-10(6-18)20-13)4-9-3-11(19)17-12(15-9)21-8-14-17/h3,8,10,18H,4-7H2,1-2H3. The Kier molecular flexibility index (Phi) is 3.78. The Labute approximate surface area is 125 Å². The summed E-state index contributed by atoms with van der Waals surface area (Å²) in [5.41, 5.74) is 1.84. The summed E-state index contributed by atoms with van der Waals surface area (Å²) < 4.78 is 7.09. The SMILES string of the molecule is CC1(C)CN(Cc2cc(=O)n3ncsc3n2)CC(CO)O1. The van der Waals surface area contributed by atoms with Crippen molar-refractivity contribution in [2.24, 2.45) is 0 Å². The van der Waals surface area contributed by atoms with Crippen molar-refractivity contribution >= 4 is 16.3 Å². The fraction of sp³-hybridized carbons (Fsp3) is 0.615. The zero-order valence-corrected chi connectivity index (χ0v) is 12.8. The lowest BCUT2D eigenvalue weighted by molar-refractivity contribution is -0.150. The van der Waals surface area contributed by atoms with E-state index < -0.39 is 0 Å². The molecule has 1 atom stereocenters. The maximum atomic E-state index is 11.9. The fourth-order valence-electron chi connectivity index (χ4n) is 2.74. The van der Waals surface area contributed by atoms with Gasteiger partial charge >= 0.3 is 0 Å². The van der Waals surface area contributed by atoms with Gasteiger partial charge in [-0.05, 0) is 13.8 Å². The molecule has 21 heavy (non-hydrogen) atoms. The molecule has 2 aromatic heterocycles. The molecule has 1 N–H and O–H groups in total. The summed E-state index contributed by atoms with van der Waals surface area (Å²) in [4.78, 5) is 19.2. The second kappa shape index (κ2) is 5.45. The Bertz CT molecular complexity index is 696. The second-order valence-corrected chi connectivity index (χ2v) is 6.68. The topological polar surface area (TPSA) is 80.0 Å². The molecule has 0 spiro atoms. The van der Waals surface area contributed by atoms with Crippen LogP contribution >= 0.6 is 11.3 Å². The molecule has 0 radical (unpaired) electrons. The predicted octanol–water partition coefficient (Wildman–Crippen LogP) is 0.123. The number of hydrogen-bond donors (Lipinski definition) is 1. The van der Waals surface area contributed by atoms with Crippen LogP contribution in [0.15, 0.2) is 16.4 Å². The quantitative estimate of drug-likeness (QED) is 0.867. The van der Waals surface area contributed by atoms with Crippen molar-refractivity contribution in [3.63, 3.8) is 0 Å². The molecule has 1 saturated heterocycles. The predicted molar refractivity (Wildman–Crippen MR) is 78.4 cm³/mol. The van der Waals surface area contributed by atoms with E-state index in [-0.39, 0.29) is 23.9 Å². The van der Waals surface area contributed by atoms with Crippen LogP contribution < -0.4 is 5.56 Å². The van der Waals surface area contributed by atoms with E-state index >= 15 is 0 Å². The van der Waals surface area contributed by atoms with E-state index in [1.54, 1.807) is 5.51 Å². The summed E-state index contributed by atoms with van der Waals surface area (Å²) in [7, 11) is 0. The molecule has 114 valence electrons. The van der Waals surface area contributed by atoms with Gasteiger partial charge in [0, 0.05) is 25.7 Å². The molecule has 1 aliphatic heterocycles. The van der Waals surface area contributed by atoms with E-state index in [2.05, 4.69) is 15.0 Å². The van der Waals surface area contributed by atoms with Gasteiger partial charge < -0.3 is 9.84 Å².